The van der Waals surface area contributed by atoms with Gasteiger partial charge >= 0.3 is 8.80 Å². The van der Waals surface area contributed by atoms with Crippen molar-refractivity contribution in [3.63, 3.8) is 0 Å². The molecule has 0 amide bonds. The van der Waals surface area contributed by atoms with Crippen molar-refractivity contribution < 1.29 is 23.9 Å². The summed E-state index contributed by atoms with van der Waals surface area (Å²) in [4.78, 5) is 26.6. The second kappa shape index (κ2) is 5.24. The van der Waals surface area contributed by atoms with Crippen LogP contribution in [0.15, 0.2) is 24.3 Å². The van der Waals surface area contributed by atoms with Gasteiger partial charge in [-0.3, -0.25) is 0 Å². The third-order valence-corrected chi connectivity index (χ3v) is 2.59. The fourth-order valence-electron chi connectivity index (χ4n) is 1.10. The van der Waals surface area contributed by atoms with Crippen LogP contribution in [0.5, 0.6) is 5.75 Å². The average Bonchev–Trinajstić information content (AvgIpc) is 2.14. The molecule has 0 fully saturated rings. The lowest BCUT2D eigenvalue weighted by Gasteiger charge is -2.10. The van der Waals surface area contributed by atoms with Crippen molar-refractivity contribution in [2.75, 3.05) is 13.9 Å². The monoisotopic (exact) mass is 230 g/mol. The molecule has 0 spiro atoms. The molecule has 0 aromatic heterocycles. The number of ether oxygens (including phenoxy) is 2. The largest absolute Gasteiger partial charge is 0.497 e. The predicted octanol–water partition coefficient (Wildman–Crippen LogP) is -0.333. The lowest BCUT2D eigenvalue weighted by Crippen LogP contribution is -2.37. The van der Waals surface area contributed by atoms with Crippen LogP contribution < -0.4 is 4.74 Å². The third-order valence-electron chi connectivity index (χ3n) is 1.71. The summed E-state index contributed by atoms with van der Waals surface area (Å²) >= 11 is 0. The van der Waals surface area contributed by atoms with Crippen molar-refractivity contribution in [1.29, 1.82) is 0 Å². The Bertz CT molecular complexity index is 292. The van der Waals surface area contributed by atoms with E-state index < -0.39 is 8.80 Å². The summed E-state index contributed by atoms with van der Waals surface area (Å²) in [6.07, 6.45) is 0. The molecule has 0 aliphatic rings. The Hall–Kier alpha value is -0.923. The van der Waals surface area contributed by atoms with Crippen molar-refractivity contribution in [3.8, 4) is 5.75 Å². The van der Waals surface area contributed by atoms with Crippen molar-refractivity contribution in [2.24, 2.45) is 0 Å². The first-order valence-corrected chi connectivity index (χ1v) is 6.44. The summed E-state index contributed by atoms with van der Waals surface area (Å²) in [5.74, 6) is 0.627. The van der Waals surface area contributed by atoms with Crippen LogP contribution in [0.3, 0.4) is 0 Å². The Kier molecular flexibility index (Phi) is 4.24. The molecule has 0 aliphatic carbocycles. The van der Waals surface area contributed by atoms with Gasteiger partial charge in [-0.1, -0.05) is 12.1 Å². The lowest BCUT2D eigenvalue weighted by molar-refractivity contribution is 0.0511. The van der Waals surface area contributed by atoms with Gasteiger partial charge in [0.2, 0.25) is 0 Å². The average molecular weight is 230 g/mol. The number of hydrogen-bond donors (Lipinski definition) is 3. The maximum absolute atomic E-state index is 8.88. The minimum absolute atomic E-state index is 0.114. The fourth-order valence-corrected chi connectivity index (χ4v) is 1.89. The highest BCUT2D eigenvalue weighted by Gasteiger charge is 2.26. The maximum Gasteiger partial charge on any atom is 0.497 e. The smallest absolute Gasteiger partial charge is 0.468 e. The van der Waals surface area contributed by atoms with Gasteiger partial charge < -0.3 is 23.9 Å². The Morgan fingerprint density at radius 1 is 1.13 bits per heavy atom. The maximum atomic E-state index is 8.88. The standard InChI is InChI=1S/C9H14O5Si/c1-13-7-14-9-4-2-8(3-5-9)6-15(10,11)12/h2-5,10-12H,6-7H2,1H3. The summed E-state index contributed by atoms with van der Waals surface area (Å²) in [5.41, 5.74) is 0.652. The van der Waals surface area contributed by atoms with Gasteiger partial charge in [-0.25, -0.2) is 0 Å². The highest BCUT2D eigenvalue weighted by atomic mass is 28.4. The van der Waals surface area contributed by atoms with E-state index in [2.05, 4.69) is 0 Å². The van der Waals surface area contributed by atoms with Crippen LogP contribution in [-0.2, 0) is 10.8 Å². The molecular formula is C9H14O5Si. The van der Waals surface area contributed by atoms with Gasteiger partial charge in [0.15, 0.2) is 6.79 Å². The van der Waals surface area contributed by atoms with Crippen molar-refractivity contribution in [3.05, 3.63) is 29.8 Å². The first-order valence-electron chi connectivity index (χ1n) is 4.39. The molecule has 6 heteroatoms. The first-order chi connectivity index (χ1) is 7.01. The molecule has 1 rings (SSSR count). The van der Waals surface area contributed by atoms with Crippen LogP contribution in [-0.4, -0.2) is 37.1 Å². The highest BCUT2D eigenvalue weighted by Crippen LogP contribution is 2.13. The molecule has 0 unspecified atom stereocenters. The van der Waals surface area contributed by atoms with E-state index in [0.717, 1.165) is 0 Å². The normalized spacial score (nSPS) is 11.5. The van der Waals surface area contributed by atoms with Crippen LogP contribution >= 0.6 is 0 Å². The first kappa shape index (κ1) is 12.1. The van der Waals surface area contributed by atoms with Gasteiger partial charge in [-0.2, -0.15) is 0 Å². The fraction of sp³-hybridized carbons (Fsp3) is 0.333. The second-order valence-corrected chi connectivity index (χ2v) is 5.05. The van der Waals surface area contributed by atoms with Crippen molar-refractivity contribution in [2.45, 2.75) is 6.04 Å². The van der Waals surface area contributed by atoms with Crippen molar-refractivity contribution >= 4 is 8.80 Å². The molecule has 3 N–H and O–H groups in total. The number of methoxy groups -OCH3 is 1. The molecule has 5 nitrogen and oxygen atoms in total. The summed E-state index contributed by atoms with van der Waals surface area (Å²) in [6.45, 7) is 0.165. The van der Waals surface area contributed by atoms with Crippen LogP contribution in [0, 0.1) is 0 Å². The number of rotatable bonds is 5. The summed E-state index contributed by atoms with van der Waals surface area (Å²) in [5, 5.41) is 0. The van der Waals surface area contributed by atoms with E-state index >= 15 is 0 Å². The highest BCUT2D eigenvalue weighted by molar-refractivity contribution is 6.55. The summed E-state index contributed by atoms with van der Waals surface area (Å²) in [6, 6.07) is 6.56. The molecule has 15 heavy (non-hydrogen) atoms. The minimum atomic E-state index is -4.01. The third kappa shape index (κ3) is 4.91. The predicted molar refractivity (Wildman–Crippen MR) is 55.1 cm³/mol. The zero-order valence-electron chi connectivity index (χ0n) is 8.38. The molecule has 0 radical (unpaired) electrons. The van der Waals surface area contributed by atoms with E-state index in [9.17, 15) is 0 Å². The van der Waals surface area contributed by atoms with Crippen LogP contribution in [0.1, 0.15) is 5.56 Å². The van der Waals surface area contributed by atoms with E-state index in [1.165, 1.54) is 7.11 Å². The van der Waals surface area contributed by atoms with Gasteiger partial charge in [0.1, 0.15) is 5.75 Å². The molecule has 0 saturated carbocycles. The lowest BCUT2D eigenvalue weighted by atomic mass is 10.2. The summed E-state index contributed by atoms with van der Waals surface area (Å²) < 4.78 is 9.86. The topological polar surface area (TPSA) is 79.2 Å². The van der Waals surface area contributed by atoms with Gasteiger partial charge in [0.25, 0.3) is 0 Å². The summed E-state index contributed by atoms with van der Waals surface area (Å²) in [7, 11) is -2.48. The molecule has 1 aromatic carbocycles. The minimum Gasteiger partial charge on any atom is -0.468 e. The number of benzene rings is 1. The molecule has 0 saturated heterocycles. The van der Waals surface area contributed by atoms with Gasteiger partial charge in [0, 0.05) is 13.2 Å². The molecule has 1 aromatic rings. The number of hydrogen-bond acceptors (Lipinski definition) is 5. The molecule has 0 heterocycles. The van der Waals surface area contributed by atoms with E-state index in [1.807, 2.05) is 0 Å². The Labute approximate surface area is 88.9 Å². The Morgan fingerprint density at radius 2 is 1.73 bits per heavy atom. The van der Waals surface area contributed by atoms with Gasteiger partial charge in [-0.05, 0) is 17.7 Å². The van der Waals surface area contributed by atoms with E-state index in [4.69, 9.17) is 23.9 Å². The SMILES string of the molecule is COCOc1ccc(C[Si](O)(O)O)cc1. The molecule has 0 aliphatic heterocycles. The molecule has 84 valence electrons. The van der Waals surface area contributed by atoms with Crippen molar-refractivity contribution in [1.82, 2.24) is 0 Å². The molecule has 0 atom stereocenters. The second-order valence-electron chi connectivity index (χ2n) is 3.15. The van der Waals surface area contributed by atoms with E-state index in [0.29, 0.717) is 11.3 Å². The zero-order chi connectivity index (χ0) is 11.3. The molecular weight excluding hydrogens is 216 g/mol. The Morgan fingerprint density at radius 3 is 2.20 bits per heavy atom. The van der Waals surface area contributed by atoms with Gasteiger partial charge in [-0.15, -0.1) is 0 Å². The quantitative estimate of drug-likeness (QED) is 0.477. The Balaban J connectivity index is 2.56. The molecule has 0 bridgehead atoms. The van der Waals surface area contributed by atoms with Crippen LogP contribution in [0.4, 0.5) is 0 Å². The van der Waals surface area contributed by atoms with Crippen LogP contribution in [0.2, 0.25) is 0 Å². The van der Waals surface area contributed by atoms with E-state index in [1.54, 1.807) is 24.3 Å². The van der Waals surface area contributed by atoms with E-state index in [-0.39, 0.29) is 12.8 Å². The van der Waals surface area contributed by atoms with Gasteiger partial charge in [0.05, 0.1) is 0 Å². The van der Waals surface area contributed by atoms with Crippen LogP contribution in [0.25, 0.3) is 0 Å². The zero-order valence-corrected chi connectivity index (χ0v) is 9.38.